The molecule has 0 N–H and O–H groups in total. The summed E-state index contributed by atoms with van der Waals surface area (Å²) in [5, 5.41) is 0. The molecule has 0 aromatic carbocycles. The van der Waals surface area contributed by atoms with Crippen LogP contribution in [0, 0.1) is 0 Å². The summed E-state index contributed by atoms with van der Waals surface area (Å²) in [6.07, 6.45) is 2.82. The maximum absolute atomic E-state index is 10.6. The van der Waals surface area contributed by atoms with E-state index in [1.807, 2.05) is 26.8 Å². The Balaban J connectivity index is 2.45. The van der Waals surface area contributed by atoms with E-state index < -0.39 is 0 Å². The zero-order valence-electron chi connectivity index (χ0n) is 10.4. The second-order valence-corrected chi connectivity index (χ2v) is 4.21. The van der Waals surface area contributed by atoms with Crippen LogP contribution in [0.4, 0.5) is 0 Å². The Hall–Kier alpha value is -0.870. The Bertz CT molecular complexity index is 262. The van der Waals surface area contributed by atoms with E-state index in [1.165, 1.54) is 6.92 Å². The lowest BCUT2D eigenvalue weighted by atomic mass is 10.1. The van der Waals surface area contributed by atoms with E-state index in [0.29, 0.717) is 0 Å². The van der Waals surface area contributed by atoms with Gasteiger partial charge in [-0.1, -0.05) is 0 Å². The van der Waals surface area contributed by atoms with Gasteiger partial charge in [0.2, 0.25) is 0 Å². The Morgan fingerprint density at radius 3 is 2.38 bits per heavy atom. The summed E-state index contributed by atoms with van der Waals surface area (Å²) in [6.45, 7) is 7.64. The molecule has 0 amide bonds. The van der Waals surface area contributed by atoms with Crippen LogP contribution in [0.3, 0.4) is 0 Å². The molecule has 0 bridgehead atoms. The minimum absolute atomic E-state index is 0.200. The lowest BCUT2D eigenvalue weighted by Gasteiger charge is -2.33. The van der Waals surface area contributed by atoms with Crippen molar-refractivity contribution in [2.75, 3.05) is 6.61 Å². The minimum Gasteiger partial charge on any atom is -0.462 e. The average Bonchev–Trinajstić information content (AvgIpc) is 2.15. The Morgan fingerprint density at radius 2 is 1.88 bits per heavy atom. The molecule has 0 radical (unpaired) electrons. The quantitative estimate of drug-likeness (QED) is 0.547. The highest BCUT2D eigenvalue weighted by Crippen LogP contribution is 2.22. The highest BCUT2D eigenvalue weighted by atomic mass is 16.7. The van der Waals surface area contributed by atoms with Crippen LogP contribution in [0.1, 0.15) is 34.1 Å². The molecule has 4 nitrogen and oxygen atoms in total. The molecular formula is C12H20O4. The van der Waals surface area contributed by atoms with Gasteiger partial charge in [-0.3, -0.25) is 4.79 Å². The predicted octanol–water partition coefficient (Wildman–Crippen LogP) is 2.04. The third-order valence-corrected chi connectivity index (χ3v) is 2.44. The molecule has 1 saturated heterocycles. The van der Waals surface area contributed by atoms with Gasteiger partial charge in [-0.05, 0) is 38.8 Å². The van der Waals surface area contributed by atoms with Crippen LogP contribution in [-0.2, 0) is 19.0 Å². The van der Waals surface area contributed by atoms with Crippen molar-refractivity contribution in [2.45, 2.75) is 52.6 Å². The maximum atomic E-state index is 10.6. The first-order valence-corrected chi connectivity index (χ1v) is 5.60. The van der Waals surface area contributed by atoms with Crippen molar-refractivity contribution < 1.29 is 19.0 Å². The molecule has 16 heavy (non-hydrogen) atoms. The summed E-state index contributed by atoms with van der Waals surface area (Å²) < 4.78 is 16.1. The summed E-state index contributed by atoms with van der Waals surface area (Å²) in [6, 6.07) is 0. The van der Waals surface area contributed by atoms with Crippen molar-refractivity contribution in [1.29, 1.82) is 0 Å². The first-order valence-electron chi connectivity index (χ1n) is 5.60. The molecule has 0 aromatic rings. The van der Waals surface area contributed by atoms with Crippen LogP contribution in [0.5, 0.6) is 0 Å². The van der Waals surface area contributed by atoms with Crippen molar-refractivity contribution in [1.82, 2.24) is 0 Å². The van der Waals surface area contributed by atoms with E-state index in [4.69, 9.17) is 14.2 Å². The maximum Gasteiger partial charge on any atom is 0.302 e. The van der Waals surface area contributed by atoms with Gasteiger partial charge in [-0.25, -0.2) is 0 Å². The van der Waals surface area contributed by atoms with E-state index in [0.717, 1.165) is 12.0 Å². The van der Waals surface area contributed by atoms with E-state index in [1.54, 1.807) is 0 Å². The standard InChI is InChI=1S/C12H20O4/c1-8(5-6-14-11(4)13)12-15-9(2)7-10(3)16-12/h5,9-10,12H,6-7H2,1-4H3. The lowest BCUT2D eigenvalue weighted by molar-refractivity contribution is -0.215. The molecule has 1 heterocycles. The van der Waals surface area contributed by atoms with Gasteiger partial charge >= 0.3 is 5.97 Å². The van der Waals surface area contributed by atoms with Crippen LogP contribution >= 0.6 is 0 Å². The van der Waals surface area contributed by atoms with Crippen LogP contribution in [0.2, 0.25) is 0 Å². The molecule has 4 heteroatoms. The zero-order valence-corrected chi connectivity index (χ0v) is 10.4. The molecule has 1 fully saturated rings. The van der Waals surface area contributed by atoms with Crippen LogP contribution in [0.25, 0.3) is 0 Å². The van der Waals surface area contributed by atoms with Crippen molar-refractivity contribution in [3.05, 3.63) is 11.6 Å². The highest BCUT2D eigenvalue weighted by molar-refractivity contribution is 5.66. The second-order valence-electron chi connectivity index (χ2n) is 4.21. The molecule has 2 unspecified atom stereocenters. The van der Waals surface area contributed by atoms with E-state index in [2.05, 4.69) is 0 Å². The van der Waals surface area contributed by atoms with Crippen LogP contribution < -0.4 is 0 Å². The van der Waals surface area contributed by atoms with Crippen molar-refractivity contribution in [2.24, 2.45) is 0 Å². The van der Waals surface area contributed by atoms with Crippen LogP contribution in [-0.4, -0.2) is 31.1 Å². The minimum atomic E-state index is -0.311. The molecule has 1 rings (SSSR count). The van der Waals surface area contributed by atoms with Gasteiger partial charge < -0.3 is 14.2 Å². The summed E-state index contributed by atoms with van der Waals surface area (Å²) in [5.41, 5.74) is 0.944. The molecule has 1 aliphatic heterocycles. The lowest BCUT2D eigenvalue weighted by Crippen LogP contribution is -2.36. The second kappa shape index (κ2) is 6.01. The number of hydrogen-bond donors (Lipinski definition) is 0. The van der Waals surface area contributed by atoms with Gasteiger partial charge in [0.25, 0.3) is 0 Å². The molecule has 92 valence electrons. The summed E-state index contributed by atoms with van der Waals surface area (Å²) in [4.78, 5) is 10.6. The molecule has 0 aliphatic carbocycles. The monoisotopic (exact) mass is 228 g/mol. The fourth-order valence-corrected chi connectivity index (χ4v) is 1.63. The van der Waals surface area contributed by atoms with Crippen molar-refractivity contribution >= 4 is 5.97 Å². The van der Waals surface area contributed by atoms with Crippen LogP contribution in [0.15, 0.2) is 11.6 Å². The van der Waals surface area contributed by atoms with Gasteiger partial charge in [0, 0.05) is 6.92 Å². The third-order valence-electron chi connectivity index (χ3n) is 2.44. The SMILES string of the molecule is CC(=O)OCC=C(C)C1OC(C)CC(C)O1. The number of rotatable bonds is 3. The highest BCUT2D eigenvalue weighted by Gasteiger charge is 2.25. The van der Waals surface area contributed by atoms with E-state index >= 15 is 0 Å². The fraction of sp³-hybridized carbons (Fsp3) is 0.750. The molecule has 2 atom stereocenters. The van der Waals surface area contributed by atoms with Gasteiger partial charge in [0.1, 0.15) is 6.61 Å². The van der Waals surface area contributed by atoms with Gasteiger partial charge in [-0.2, -0.15) is 0 Å². The Labute approximate surface area is 96.6 Å². The predicted molar refractivity (Wildman–Crippen MR) is 59.9 cm³/mol. The first kappa shape index (κ1) is 13.2. The largest absolute Gasteiger partial charge is 0.462 e. The number of hydrogen-bond acceptors (Lipinski definition) is 4. The summed E-state index contributed by atoms with van der Waals surface area (Å²) in [7, 11) is 0. The number of ether oxygens (including phenoxy) is 3. The zero-order chi connectivity index (χ0) is 12.1. The van der Waals surface area contributed by atoms with Gasteiger partial charge in [-0.15, -0.1) is 0 Å². The van der Waals surface area contributed by atoms with Crippen molar-refractivity contribution in [3.63, 3.8) is 0 Å². The summed E-state index contributed by atoms with van der Waals surface area (Å²) >= 11 is 0. The smallest absolute Gasteiger partial charge is 0.302 e. The fourth-order valence-electron chi connectivity index (χ4n) is 1.63. The number of carbonyl (C=O) groups is 1. The van der Waals surface area contributed by atoms with Gasteiger partial charge in [0.15, 0.2) is 6.29 Å². The van der Waals surface area contributed by atoms with Gasteiger partial charge in [0.05, 0.1) is 12.2 Å². The molecule has 1 aliphatic rings. The topological polar surface area (TPSA) is 44.8 Å². The first-order chi connectivity index (χ1) is 7.49. The van der Waals surface area contributed by atoms with E-state index in [9.17, 15) is 4.79 Å². The third kappa shape index (κ3) is 4.33. The van der Waals surface area contributed by atoms with E-state index in [-0.39, 0.29) is 31.1 Å². The average molecular weight is 228 g/mol. The summed E-state index contributed by atoms with van der Waals surface area (Å²) in [5.74, 6) is -0.281. The number of carbonyl (C=O) groups excluding carboxylic acids is 1. The Kier molecular flexibility index (Phi) is 4.96. The molecule has 0 spiro atoms. The molecule has 0 aromatic heterocycles. The Morgan fingerprint density at radius 1 is 1.31 bits per heavy atom. The molecular weight excluding hydrogens is 208 g/mol. The normalized spacial score (nSPS) is 31.2. The number of esters is 1. The molecule has 0 saturated carbocycles. The van der Waals surface area contributed by atoms with Crippen molar-refractivity contribution in [3.8, 4) is 0 Å².